The highest BCUT2D eigenvalue weighted by Crippen LogP contribution is 2.20. The van der Waals surface area contributed by atoms with Crippen LogP contribution in [0.15, 0.2) is 12.1 Å². The molecule has 2 N–H and O–H groups in total. The van der Waals surface area contributed by atoms with Crippen molar-refractivity contribution >= 4 is 28.3 Å². The second-order valence-electron chi connectivity index (χ2n) is 3.19. The Labute approximate surface area is 104 Å². The Balaban J connectivity index is 2.26. The van der Waals surface area contributed by atoms with Gasteiger partial charge < -0.3 is 5.32 Å². The van der Waals surface area contributed by atoms with E-state index in [1.54, 1.807) is 0 Å². The molecule has 1 amide bonds. The molecule has 0 unspecified atom stereocenters. The van der Waals surface area contributed by atoms with Gasteiger partial charge in [0.05, 0.1) is 0 Å². The first-order valence-electron chi connectivity index (χ1n) is 4.75. The Morgan fingerprint density at radius 2 is 2.00 bits per heavy atom. The molecule has 9 heteroatoms. The topological polar surface area (TPSA) is 79.8 Å². The number of rotatable bonds is 3. The average molecular weight is 271 g/mol. The number of benzene rings is 1. The zero-order valence-electron chi connectivity index (χ0n) is 9.07. The lowest BCUT2D eigenvalue weighted by Crippen LogP contribution is -2.13. The number of halogens is 2. The fourth-order valence-electron chi connectivity index (χ4n) is 1.29. The van der Waals surface area contributed by atoms with E-state index in [-0.39, 0.29) is 16.4 Å². The quantitative estimate of drug-likeness (QED) is 0.884. The predicted molar refractivity (Wildman–Crippen MR) is 61.6 cm³/mol. The van der Waals surface area contributed by atoms with Crippen molar-refractivity contribution in [2.24, 2.45) is 0 Å². The molecule has 0 atom stereocenters. The predicted octanol–water partition coefficient (Wildman–Crippen LogP) is 1.51. The maximum absolute atomic E-state index is 13.4. The minimum Gasteiger partial charge on any atom is -0.383 e. The summed E-state index contributed by atoms with van der Waals surface area (Å²) in [6.45, 7) is 0. The third-order valence-corrected chi connectivity index (χ3v) is 2.59. The van der Waals surface area contributed by atoms with E-state index in [1.165, 1.54) is 7.05 Å². The molecule has 2 aromatic rings. The van der Waals surface area contributed by atoms with Crippen LogP contribution in [0.1, 0.15) is 10.4 Å². The minimum atomic E-state index is -0.849. The summed E-state index contributed by atoms with van der Waals surface area (Å²) in [6.07, 6.45) is 0. The first kappa shape index (κ1) is 12.3. The second kappa shape index (κ2) is 5.00. The van der Waals surface area contributed by atoms with Crippen LogP contribution in [-0.2, 0) is 0 Å². The zero-order valence-corrected chi connectivity index (χ0v) is 9.89. The molecule has 2 rings (SSSR count). The summed E-state index contributed by atoms with van der Waals surface area (Å²) in [4.78, 5) is 11.7. The monoisotopic (exact) mass is 271 g/mol. The average Bonchev–Trinajstić information content (AvgIpc) is 2.81. The van der Waals surface area contributed by atoms with E-state index in [0.717, 1.165) is 23.7 Å². The smallest absolute Gasteiger partial charge is 0.257 e. The van der Waals surface area contributed by atoms with Gasteiger partial charge in [0, 0.05) is 24.1 Å². The Morgan fingerprint density at radius 3 is 2.50 bits per heavy atom. The maximum atomic E-state index is 13.4. The Hall–Kier alpha value is -2.16. The lowest BCUT2D eigenvalue weighted by molar-refractivity contribution is 0.102. The highest BCUT2D eigenvalue weighted by atomic mass is 32.1. The molecule has 1 aromatic heterocycles. The summed E-state index contributed by atoms with van der Waals surface area (Å²) in [7, 11) is 1.38. The van der Waals surface area contributed by atoms with Gasteiger partial charge in [0.25, 0.3) is 5.91 Å². The number of anilines is 2. The molecular formula is C9H7F2N5OS. The van der Waals surface area contributed by atoms with Crippen molar-refractivity contribution in [2.45, 2.75) is 0 Å². The molecule has 0 aliphatic heterocycles. The highest BCUT2D eigenvalue weighted by Gasteiger charge is 2.15. The van der Waals surface area contributed by atoms with Gasteiger partial charge in [0.15, 0.2) is 0 Å². The first-order chi connectivity index (χ1) is 8.61. The molecule has 94 valence electrons. The maximum Gasteiger partial charge on any atom is 0.257 e. The van der Waals surface area contributed by atoms with Gasteiger partial charge in [0.1, 0.15) is 17.3 Å². The van der Waals surface area contributed by atoms with Crippen LogP contribution in [0.25, 0.3) is 0 Å². The van der Waals surface area contributed by atoms with Crippen LogP contribution >= 0.6 is 11.5 Å². The number of amides is 1. The van der Waals surface area contributed by atoms with Crippen molar-refractivity contribution in [1.29, 1.82) is 0 Å². The molecular weight excluding hydrogens is 264 g/mol. The molecule has 0 aliphatic rings. The molecule has 1 heterocycles. The second-order valence-corrected chi connectivity index (χ2v) is 3.92. The molecule has 0 radical (unpaired) electrons. The molecule has 0 saturated heterocycles. The lowest BCUT2D eigenvalue weighted by Gasteiger charge is -2.06. The van der Waals surface area contributed by atoms with Gasteiger partial charge in [0.2, 0.25) is 5.13 Å². The molecule has 0 fully saturated rings. The van der Waals surface area contributed by atoms with E-state index in [1.807, 2.05) is 0 Å². The number of hydrogen-bond donors (Lipinski definition) is 2. The van der Waals surface area contributed by atoms with Gasteiger partial charge in [-0.1, -0.05) is 9.59 Å². The number of hydrogen-bond acceptors (Lipinski definition) is 6. The molecule has 18 heavy (non-hydrogen) atoms. The fraction of sp³-hybridized carbons (Fsp3) is 0.111. The van der Waals surface area contributed by atoms with Gasteiger partial charge in [-0.05, 0) is 17.3 Å². The van der Waals surface area contributed by atoms with Gasteiger partial charge in [-0.25, -0.2) is 8.78 Å². The third kappa shape index (κ3) is 2.40. The Morgan fingerprint density at radius 1 is 1.33 bits per heavy atom. The summed E-state index contributed by atoms with van der Waals surface area (Å²) in [5.41, 5.74) is -0.441. The van der Waals surface area contributed by atoms with Crippen molar-refractivity contribution in [3.05, 3.63) is 29.3 Å². The SMILES string of the molecule is CNc1c(F)cc(C(=O)Nc2nnns2)cc1F. The third-order valence-electron chi connectivity index (χ3n) is 2.07. The van der Waals surface area contributed by atoms with Gasteiger partial charge in [-0.3, -0.25) is 10.1 Å². The van der Waals surface area contributed by atoms with Crippen molar-refractivity contribution in [3.8, 4) is 0 Å². The standard InChI is InChI=1S/C9H7F2N5OS/c1-12-7-5(10)2-4(3-6(7)11)8(17)13-9-14-15-16-18-9/h2-3,12H,1H3,(H,13,14,16,17). The van der Waals surface area contributed by atoms with E-state index in [2.05, 4.69) is 25.4 Å². The van der Waals surface area contributed by atoms with Gasteiger partial charge >= 0.3 is 0 Å². The van der Waals surface area contributed by atoms with Crippen molar-refractivity contribution in [1.82, 2.24) is 14.8 Å². The number of carbonyl (C=O) groups is 1. The first-order valence-corrected chi connectivity index (χ1v) is 5.52. The number of aromatic nitrogens is 3. The van der Waals surface area contributed by atoms with E-state index >= 15 is 0 Å². The largest absolute Gasteiger partial charge is 0.383 e. The normalized spacial score (nSPS) is 10.2. The summed E-state index contributed by atoms with van der Waals surface area (Å²) in [5.74, 6) is -2.38. The van der Waals surface area contributed by atoms with E-state index in [4.69, 9.17) is 0 Å². The van der Waals surface area contributed by atoms with Gasteiger partial charge in [-0.15, -0.1) is 0 Å². The van der Waals surface area contributed by atoms with E-state index in [0.29, 0.717) is 0 Å². The summed E-state index contributed by atoms with van der Waals surface area (Å²) in [5, 5.41) is 11.6. The van der Waals surface area contributed by atoms with E-state index < -0.39 is 17.5 Å². The van der Waals surface area contributed by atoms with E-state index in [9.17, 15) is 13.6 Å². The Bertz CT molecular complexity index is 551. The Kier molecular flexibility index (Phi) is 3.42. The van der Waals surface area contributed by atoms with Gasteiger partial charge in [-0.2, -0.15) is 0 Å². The molecule has 6 nitrogen and oxygen atoms in total. The van der Waals surface area contributed by atoms with Crippen LogP contribution in [0.4, 0.5) is 19.6 Å². The summed E-state index contributed by atoms with van der Waals surface area (Å²) in [6, 6.07) is 1.86. The number of nitrogens with zero attached hydrogens (tertiary/aromatic N) is 3. The lowest BCUT2D eigenvalue weighted by atomic mass is 10.1. The van der Waals surface area contributed by atoms with Crippen LogP contribution in [0.3, 0.4) is 0 Å². The molecule has 0 spiro atoms. The molecule has 0 bridgehead atoms. The van der Waals surface area contributed by atoms with Crippen molar-refractivity contribution < 1.29 is 13.6 Å². The molecule has 0 aliphatic carbocycles. The summed E-state index contributed by atoms with van der Waals surface area (Å²) < 4.78 is 30.3. The molecule has 0 saturated carbocycles. The van der Waals surface area contributed by atoms with Crippen LogP contribution in [0.5, 0.6) is 0 Å². The highest BCUT2D eigenvalue weighted by molar-refractivity contribution is 7.09. The summed E-state index contributed by atoms with van der Waals surface area (Å²) >= 11 is 0.858. The zero-order chi connectivity index (χ0) is 13.1. The van der Waals surface area contributed by atoms with Crippen molar-refractivity contribution in [3.63, 3.8) is 0 Å². The van der Waals surface area contributed by atoms with Crippen LogP contribution < -0.4 is 10.6 Å². The number of carbonyl (C=O) groups excluding carboxylic acids is 1. The number of nitrogens with one attached hydrogen (secondary N) is 2. The van der Waals surface area contributed by atoms with Crippen LogP contribution in [-0.4, -0.2) is 27.8 Å². The van der Waals surface area contributed by atoms with Crippen LogP contribution in [0, 0.1) is 11.6 Å². The minimum absolute atomic E-state index is 0.151. The molecule has 1 aromatic carbocycles. The van der Waals surface area contributed by atoms with Crippen molar-refractivity contribution in [2.75, 3.05) is 17.7 Å². The fourth-order valence-corrected chi connectivity index (χ4v) is 1.66. The van der Waals surface area contributed by atoms with Crippen LogP contribution in [0.2, 0.25) is 0 Å².